The van der Waals surface area contributed by atoms with Crippen molar-refractivity contribution < 1.29 is 57.3 Å². The highest BCUT2D eigenvalue weighted by atomic mass is 16.7. The van der Waals surface area contributed by atoms with E-state index in [1.807, 2.05) is 39.8 Å². The van der Waals surface area contributed by atoms with E-state index >= 15 is 4.79 Å². The van der Waals surface area contributed by atoms with Crippen LogP contribution in [0.25, 0.3) is 0 Å². The van der Waals surface area contributed by atoms with Crippen LogP contribution in [-0.4, -0.2) is 144 Å². The summed E-state index contributed by atoms with van der Waals surface area (Å²) in [4.78, 5) is 31.3. The normalized spacial score (nSPS) is 42.3. The third-order valence-electron chi connectivity index (χ3n) is 15.5. The highest BCUT2D eigenvalue weighted by Gasteiger charge is 2.60. The molecule has 14 nitrogen and oxygen atoms in total. The second-order valence-electron chi connectivity index (χ2n) is 19.5. The molecule has 0 bridgehead atoms. The molecule has 14 heteroatoms. The van der Waals surface area contributed by atoms with Crippen molar-refractivity contribution in [2.24, 2.45) is 35.5 Å². The molecule has 0 spiro atoms. The largest absolute Gasteiger partial charge is 0.497 e. The Morgan fingerprint density at radius 2 is 1.59 bits per heavy atom. The average Bonchev–Trinajstić information content (AvgIpc) is 3.84. The first-order chi connectivity index (χ1) is 30.2. The number of nitrogens with one attached hydrogen (secondary N) is 1. The van der Waals surface area contributed by atoms with Crippen LogP contribution >= 0.6 is 0 Å². The quantitative estimate of drug-likeness (QED) is 0.233. The van der Waals surface area contributed by atoms with Crippen molar-refractivity contribution in [3.8, 4) is 5.75 Å². The average molecular weight is 885 g/mol. The molecule has 19 atom stereocenters. The molecule has 2 N–H and O–H groups in total. The summed E-state index contributed by atoms with van der Waals surface area (Å²) >= 11 is 0. The number of ether oxygens (including phenoxy) is 9. The number of aliphatic hydroxyl groups is 1. The zero-order valence-corrected chi connectivity index (χ0v) is 39.5. The third-order valence-corrected chi connectivity index (χ3v) is 15.5. The van der Waals surface area contributed by atoms with Gasteiger partial charge in [-0.05, 0) is 127 Å². The van der Waals surface area contributed by atoms with E-state index < -0.39 is 60.8 Å². The molecule has 2 saturated carbocycles. The Balaban J connectivity index is 1.22. The summed E-state index contributed by atoms with van der Waals surface area (Å²) in [5, 5.41) is 16.6. The number of likely N-dealkylation sites (N-methyl/N-ethyl adjacent to an activating group) is 1. The molecule has 3 aliphatic carbocycles. The summed E-state index contributed by atoms with van der Waals surface area (Å²) < 4.78 is 56.0. The molecule has 7 rings (SSSR count). The van der Waals surface area contributed by atoms with Crippen LogP contribution in [0.2, 0.25) is 0 Å². The first-order valence-electron chi connectivity index (χ1n) is 23.6. The number of carbonyl (C=O) groups is 2. The molecule has 4 unspecified atom stereocenters. The topological polar surface area (TPSA) is 153 Å². The van der Waals surface area contributed by atoms with Gasteiger partial charge in [-0.3, -0.25) is 9.59 Å². The van der Waals surface area contributed by atoms with Crippen LogP contribution in [0.3, 0.4) is 0 Å². The monoisotopic (exact) mass is 885 g/mol. The lowest BCUT2D eigenvalue weighted by molar-refractivity contribution is -0.314. The number of rotatable bonds is 12. The van der Waals surface area contributed by atoms with Gasteiger partial charge in [-0.1, -0.05) is 19.9 Å². The maximum atomic E-state index is 15.2. The summed E-state index contributed by atoms with van der Waals surface area (Å²) in [6, 6.07) is 5.83. The number of fused-ring (bicyclic) bond motifs is 5. The molecule has 63 heavy (non-hydrogen) atoms. The fraction of sp³-hybridized carbons (Fsp3) is 0.796. The van der Waals surface area contributed by atoms with E-state index in [1.54, 1.807) is 28.4 Å². The summed E-state index contributed by atoms with van der Waals surface area (Å²) in [6.07, 6.45) is 3.23. The Morgan fingerprint density at radius 3 is 2.25 bits per heavy atom. The first kappa shape index (κ1) is 48.3. The van der Waals surface area contributed by atoms with E-state index in [0.717, 1.165) is 30.5 Å². The number of nitrogens with zero attached hydrogens (tertiary/aromatic N) is 1. The Labute approximate surface area is 375 Å². The van der Waals surface area contributed by atoms with Crippen molar-refractivity contribution in [3.63, 3.8) is 0 Å². The van der Waals surface area contributed by atoms with E-state index in [1.165, 1.54) is 0 Å². The Kier molecular flexibility index (Phi) is 16.0. The van der Waals surface area contributed by atoms with Crippen molar-refractivity contribution in [1.29, 1.82) is 0 Å². The molecular weight excluding hydrogens is 809 g/mol. The molecule has 354 valence electrons. The SMILES string of the molecule is CC[C@H]1CCC[C@H](O[C@H]2CC[C@H](N(C)C)C(C)O2)[C@@H](C)C(=O)C2=C[C@H]3[C@@H]4C[C@H](O[C@@H]5OC(C)[C@H](OC)C(OC)C5OC)C[C@H]4[C@H](Nc4cc(C)cc(OC)c4)[C@@H](O)[C@H]3[C@@H]2CC(=O)O1. The van der Waals surface area contributed by atoms with Gasteiger partial charge in [0.05, 0.1) is 50.1 Å². The number of Topliss-reactive ketones (excluding diaryl/α,β-unsaturated/α-hetero) is 1. The summed E-state index contributed by atoms with van der Waals surface area (Å²) in [5.41, 5.74) is 2.44. The molecule has 3 heterocycles. The fourth-order valence-corrected chi connectivity index (χ4v) is 12.4. The standard InChI is InChI=1S/C49H76N2O12/c1-12-30-14-13-15-39(63-41-17-16-38(51(6)7)27(4)59-41)26(3)44(53)37-23-34-33-21-32(62-49-48(58-11)47(57-10)46(56-9)28(5)60-49)22-36(33)43(45(54)42(34)35(37)24-40(52)61-30)50-29-18-25(2)19-31(20-29)55-8/h18-20,23,26-28,30,32-36,38-39,41-43,45-50,54H,12-17,21-22,24H2,1-11H3/t26-,27?,28?,30+,32+,33+,34+,35-,36-,38+,39+,41+,42-,43+,45+,46+,47?,48?,49+/m1/s1. The molecule has 0 radical (unpaired) electrons. The van der Waals surface area contributed by atoms with Gasteiger partial charge in [-0.2, -0.15) is 0 Å². The van der Waals surface area contributed by atoms with E-state index in [9.17, 15) is 9.90 Å². The van der Waals surface area contributed by atoms with Crippen molar-refractivity contribution in [2.45, 2.75) is 172 Å². The fourth-order valence-electron chi connectivity index (χ4n) is 12.4. The van der Waals surface area contributed by atoms with Crippen LogP contribution in [0.1, 0.15) is 91.0 Å². The lowest BCUT2D eigenvalue weighted by Crippen LogP contribution is -2.59. The zero-order valence-electron chi connectivity index (χ0n) is 39.5. The van der Waals surface area contributed by atoms with E-state index in [2.05, 4.69) is 43.4 Å². The van der Waals surface area contributed by atoms with Gasteiger partial charge < -0.3 is 58.0 Å². The van der Waals surface area contributed by atoms with Gasteiger partial charge in [0.15, 0.2) is 18.4 Å². The molecule has 1 aromatic rings. The van der Waals surface area contributed by atoms with Crippen LogP contribution in [0.4, 0.5) is 5.69 Å². The van der Waals surface area contributed by atoms with Crippen LogP contribution in [0.15, 0.2) is 29.8 Å². The van der Waals surface area contributed by atoms with Crippen molar-refractivity contribution in [1.82, 2.24) is 4.90 Å². The van der Waals surface area contributed by atoms with Gasteiger partial charge >= 0.3 is 5.97 Å². The number of ketones is 1. The number of benzene rings is 1. The van der Waals surface area contributed by atoms with Crippen LogP contribution in [-0.2, 0) is 47.5 Å². The third kappa shape index (κ3) is 10.2. The van der Waals surface area contributed by atoms with Crippen LogP contribution < -0.4 is 10.1 Å². The van der Waals surface area contributed by atoms with Crippen molar-refractivity contribution >= 4 is 17.4 Å². The van der Waals surface area contributed by atoms with Gasteiger partial charge in [-0.25, -0.2) is 0 Å². The highest BCUT2D eigenvalue weighted by molar-refractivity contribution is 5.99. The van der Waals surface area contributed by atoms with Crippen LogP contribution in [0, 0.1) is 42.4 Å². The van der Waals surface area contributed by atoms with E-state index in [-0.39, 0.29) is 66.4 Å². The smallest absolute Gasteiger partial charge is 0.306 e. The molecule has 5 fully saturated rings. The van der Waals surface area contributed by atoms with Crippen LogP contribution in [0.5, 0.6) is 5.75 Å². The molecule has 3 aliphatic heterocycles. The van der Waals surface area contributed by atoms with Gasteiger partial charge in [0.25, 0.3) is 0 Å². The number of aryl methyl sites for hydroxylation is 1. The Morgan fingerprint density at radius 1 is 0.857 bits per heavy atom. The number of cyclic esters (lactones) is 1. The van der Waals surface area contributed by atoms with Crippen molar-refractivity contribution in [3.05, 3.63) is 35.4 Å². The number of carbonyl (C=O) groups excluding carboxylic acids is 2. The van der Waals surface area contributed by atoms with E-state index in [4.69, 9.17) is 42.6 Å². The number of esters is 1. The molecule has 0 aromatic heterocycles. The summed E-state index contributed by atoms with van der Waals surface area (Å²) in [7, 11) is 10.7. The Bertz CT molecular complexity index is 1740. The minimum Gasteiger partial charge on any atom is -0.497 e. The maximum absolute atomic E-state index is 15.2. The van der Waals surface area contributed by atoms with Gasteiger partial charge in [0.2, 0.25) is 0 Å². The minimum absolute atomic E-state index is 0.00438. The predicted molar refractivity (Wildman–Crippen MR) is 236 cm³/mol. The molecule has 1 aromatic carbocycles. The minimum atomic E-state index is -0.919. The number of aliphatic hydroxyl groups excluding tert-OH is 1. The summed E-state index contributed by atoms with van der Waals surface area (Å²) in [5.74, 6) is -1.39. The summed E-state index contributed by atoms with van der Waals surface area (Å²) in [6.45, 7) is 10.1. The molecule has 0 amide bonds. The number of hydrogen-bond donors (Lipinski definition) is 2. The van der Waals surface area contributed by atoms with Gasteiger partial charge in [-0.15, -0.1) is 0 Å². The number of hydrogen-bond acceptors (Lipinski definition) is 14. The second kappa shape index (κ2) is 20.9. The lowest BCUT2D eigenvalue weighted by atomic mass is 9.62. The Hall–Kier alpha value is -2.66. The van der Waals surface area contributed by atoms with Gasteiger partial charge in [0.1, 0.15) is 30.2 Å². The zero-order chi connectivity index (χ0) is 45.3. The molecule has 3 saturated heterocycles. The number of allylic oxidation sites excluding steroid dienone is 2. The van der Waals surface area contributed by atoms with E-state index in [0.29, 0.717) is 49.5 Å². The second-order valence-corrected chi connectivity index (χ2v) is 19.5. The lowest BCUT2D eigenvalue weighted by Gasteiger charge is -2.47. The van der Waals surface area contributed by atoms with Gasteiger partial charge in [0, 0.05) is 56.9 Å². The predicted octanol–water partition coefficient (Wildman–Crippen LogP) is 6.09. The maximum Gasteiger partial charge on any atom is 0.306 e. The molecule has 6 aliphatic rings. The van der Waals surface area contributed by atoms with Crippen molar-refractivity contribution in [2.75, 3.05) is 47.9 Å². The number of anilines is 1. The number of methoxy groups -OCH3 is 4. The first-order valence-corrected chi connectivity index (χ1v) is 23.6. The molecular formula is C49H76N2O12. The highest BCUT2D eigenvalue weighted by Crippen LogP contribution is 2.57.